The van der Waals surface area contributed by atoms with Crippen molar-refractivity contribution in [1.29, 1.82) is 0 Å². The van der Waals surface area contributed by atoms with Crippen LogP contribution < -0.4 is 5.32 Å². The van der Waals surface area contributed by atoms with Gasteiger partial charge in [-0.1, -0.05) is 62.4 Å². The highest BCUT2D eigenvalue weighted by Crippen LogP contribution is 2.23. The van der Waals surface area contributed by atoms with E-state index in [1.165, 1.54) is 6.08 Å². The van der Waals surface area contributed by atoms with Crippen LogP contribution in [0.4, 0.5) is 5.69 Å². The van der Waals surface area contributed by atoms with Gasteiger partial charge in [0.05, 0.1) is 0 Å². The smallest absolute Gasteiger partial charge is 0.331 e. The number of nitrogens with one attached hydrogen (secondary N) is 1. The third-order valence-corrected chi connectivity index (χ3v) is 4.12. The number of hydrogen-bond donors (Lipinski definition) is 1. The van der Waals surface area contributed by atoms with Crippen LogP contribution >= 0.6 is 0 Å². The van der Waals surface area contributed by atoms with Crippen molar-refractivity contribution in [3.63, 3.8) is 0 Å². The van der Waals surface area contributed by atoms with Gasteiger partial charge in [0.2, 0.25) is 0 Å². The number of amides is 1. The minimum atomic E-state index is -0.877. The maximum Gasteiger partial charge on any atom is 0.331 e. The summed E-state index contributed by atoms with van der Waals surface area (Å²) in [5.74, 6) is -0.877. The molecule has 2 aromatic rings. The van der Waals surface area contributed by atoms with E-state index in [1.807, 2.05) is 62.4 Å². The second-order valence-electron chi connectivity index (χ2n) is 5.97. The summed E-state index contributed by atoms with van der Waals surface area (Å²) in [7, 11) is 0. The van der Waals surface area contributed by atoms with Crippen LogP contribution in [0.3, 0.4) is 0 Å². The molecule has 26 heavy (non-hydrogen) atoms. The van der Waals surface area contributed by atoms with Crippen LogP contribution in [0.1, 0.15) is 37.5 Å². The molecule has 0 radical (unpaired) electrons. The van der Waals surface area contributed by atoms with E-state index in [0.717, 1.165) is 35.2 Å². The molecule has 1 atom stereocenters. The number of para-hydroxylation sites is 1. The molecule has 1 amide bonds. The predicted molar refractivity (Wildman–Crippen MR) is 105 cm³/mol. The molecule has 136 valence electrons. The Morgan fingerprint density at radius 3 is 2.19 bits per heavy atom. The van der Waals surface area contributed by atoms with Crippen molar-refractivity contribution < 1.29 is 14.3 Å². The molecule has 0 bridgehead atoms. The zero-order valence-electron chi connectivity index (χ0n) is 15.5. The number of rotatable bonds is 7. The molecule has 0 aromatic heterocycles. The molecule has 0 fully saturated rings. The lowest BCUT2D eigenvalue weighted by Crippen LogP contribution is -2.30. The maximum absolute atomic E-state index is 12.4. The molecule has 2 rings (SSSR count). The normalized spacial score (nSPS) is 12.0. The fourth-order valence-electron chi connectivity index (χ4n) is 2.62. The first-order valence-corrected chi connectivity index (χ1v) is 8.90. The van der Waals surface area contributed by atoms with E-state index in [-0.39, 0.29) is 5.91 Å². The van der Waals surface area contributed by atoms with E-state index in [1.54, 1.807) is 13.0 Å². The van der Waals surface area contributed by atoms with Crippen molar-refractivity contribution >= 4 is 23.6 Å². The van der Waals surface area contributed by atoms with Gasteiger partial charge in [-0.15, -0.1) is 0 Å². The molecule has 2 aromatic carbocycles. The number of hydrogen-bond acceptors (Lipinski definition) is 3. The van der Waals surface area contributed by atoms with Gasteiger partial charge in [-0.05, 0) is 42.5 Å². The Kier molecular flexibility index (Phi) is 7.15. The largest absolute Gasteiger partial charge is 0.449 e. The highest BCUT2D eigenvalue weighted by atomic mass is 16.5. The molecule has 0 aliphatic heterocycles. The standard InChI is InChI=1S/C22H25NO3/c1-4-18-12-9-13-19(5-2)21(18)23-22(25)16(3)26-20(24)15-14-17-10-7-6-8-11-17/h6-16H,4-5H2,1-3H3,(H,23,25)/b15-14+/t16-/m0/s1. The summed E-state index contributed by atoms with van der Waals surface area (Å²) in [6, 6.07) is 15.4. The highest BCUT2D eigenvalue weighted by molar-refractivity contribution is 5.97. The molecule has 0 unspecified atom stereocenters. The third-order valence-electron chi connectivity index (χ3n) is 4.12. The zero-order valence-corrected chi connectivity index (χ0v) is 15.5. The van der Waals surface area contributed by atoms with Gasteiger partial charge in [-0.3, -0.25) is 4.79 Å². The minimum absolute atomic E-state index is 0.331. The molecule has 0 spiro atoms. The van der Waals surface area contributed by atoms with E-state index >= 15 is 0 Å². The lowest BCUT2D eigenvalue weighted by molar-refractivity contribution is -0.148. The number of carbonyl (C=O) groups excluding carboxylic acids is 2. The van der Waals surface area contributed by atoms with Crippen molar-refractivity contribution in [1.82, 2.24) is 0 Å². The monoisotopic (exact) mass is 351 g/mol. The quantitative estimate of drug-likeness (QED) is 0.594. The number of ether oxygens (including phenoxy) is 1. The van der Waals surface area contributed by atoms with Gasteiger partial charge in [0.25, 0.3) is 5.91 Å². The Hall–Kier alpha value is -2.88. The highest BCUT2D eigenvalue weighted by Gasteiger charge is 2.19. The molecule has 0 aliphatic rings. The zero-order chi connectivity index (χ0) is 18.9. The van der Waals surface area contributed by atoms with Crippen LogP contribution in [0.15, 0.2) is 54.6 Å². The maximum atomic E-state index is 12.4. The van der Waals surface area contributed by atoms with E-state index in [4.69, 9.17) is 4.74 Å². The van der Waals surface area contributed by atoms with E-state index in [2.05, 4.69) is 5.32 Å². The van der Waals surface area contributed by atoms with Gasteiger partial charge in [0.15, 0.2) is 6.10 Å². The Labute approximate surface area is 154 Å². The van der Waals surface area contributed by atoms with Crippen molar-refractivity contribution in [3.8, 4) is 0 Å². The van der Waals surface area contributed by atoms with Gasteiger partial charge in [0, 0.05) is 11.8 Å². The van der Waals surface area contributed by atoms with E-state index in [9.17, 15) is 9.59 Å². The van der Waals surface area contributed by atoms with Gasteiger partial charge in [0.1, 0.15) is 0 Å². The van der Waals surface area contributed by atoms with Crippen LogP contribution in [0.25, 0.3) is 6.08 Å². The SMILES string of the molecule is CCc1cccc(CC)c1NC(=O)[C@H](C)OC(=O)/C=C/c1ccccc1. The van der Waals surface area contributed by atoms with Gasteiger partial charge < -0.3 is 10.1 Å². The average molecular weight is 351 g/mol. The molecule has 0 heterocycles. The first kappa shape index (κ1) is 19.4. The Bertz CT molecular complexity index is 759. The van der Waals surface area contributed by atoms with Crippen LogP contribution in [0, 0.1) is 0 Å². The minimum Gasteiger partial charge on any atom is -0.449 e. The summed E-state index contributed by atoms with van der Waals surface area (Å²) in [4.78, 5) is 24.4. The first-order chi connectivity index (χ1) is 12.5. The first-order valence-electron chi connectivity index (χ1n) is 8.90. The number of aryl methyl sites for hydroxylation is 2. The van der Waals surface area contributed by atoms with Crippen LogP contribution in [0.5, 0.6) is 0 Å². The number of carbonyl (C=O) groups is 2. The Balaban J connectivity index is 2.00. The average Bonchev–Trinajstić information content (AvgIpc) is 2.67. The lowest BCUT2D eigenvalue weighted by Gasteiger charge is -2.17. The molecule has 0 saturated carbocycles. The second-order valence-corrected chi connectivity index (χ2v) is 5.97. The molecule has 0 aliphatic carbocycles. The van der Waals surface area contributed by atoms with Crippen molar-refractivity contribution in [2.24, 2.45) is 0 Å². The van der Waals surface area contributed by atoms with Gasteiger partial charge >= 0.3 is 5.97 Å². The number of benzene rings is 2. The number of esters is 1. The van der Waals surface area contributed by atoms with Crippen molar-refractivity contribution in [3.05, 3.63) is 71.3 Å². The summed E-state index contributed by atoms with van der Waals surface area (Å²) >= 11 is 0. The molecule has 0 saturated heterocycles. The molecular formula is C22H25NO3. The lowest BCUT2D eigenvalue weighted by atomic mass is 10.0. The summed E-state index contributed by atoms with van der Waals surface area (Å²) in [6.07, 6.45) is 3.75. The summed E-state index contributed by atoms with van der Waals surface area (Å²) in [5.41, 5.74) is 3.86. The molecule has 4 heteroatoms. The topological polar surface area (TPSA) is 55.4 Å². The number of anilines is 1. The molecular weight excluding hydrogens is 326 g/mol. The predicted octanol–water partition coefficient (Wildman–Crippen LogP) is 4.40. The summed E-state index contributed by atoms with van der Waals surface area (Å²) in [6.45, 7) is 5.66. The van der Waals surface area contributed by atoms with Gasteiger partial charge in [-0.25, -0.2) is 4.79 Å². The Morgan fingerprint density at radius 2 is 1.62 bits per heavy atom. The molecule has 4 nitrogen and oxygen atoms in total. The van der Waals surface area contributed by atoms with Crippen molar-refractivity contribution in [2.75, 3.05) is 5.32 Å². The van der Waals surface area contributed by atoms with Crippen LogP contribution in [0.2, 0.25) is 0 Å². The fourth-order valence-corrected chi connectivity index (χ4v) is 2.62. The van der Waals surface area contributed by atoms with E-state index < -0.39 is 12.1 Å². The second kappa shape index (κ2) is 9.56. The Morgan fingerprint density at radius 1 is 1.00 bits per heavy atom. The van der Waals surface area contributed by atoms with Gasteiger partial charge in [-0.2, -0.15) is 0 Å². The van der Waals surface area contributed by atoms with Crippen molar-refractivity contribution in [2.45, 2.75) is 39.7 Å². The fraction of sp³-hybridized carbons (Fsp3) is 0.273. The van der Waals surface area contributed by atoms with E-state index in [0.29, 0.717) is 0 Å². The molecule has 1 N–H and O–H groups in total. The summed E-state index contributed by atoms with van der Waals surface area (Å²) in [5, 5.41) is 2.92. The summed E-state index contributed by atoms with van der Waals surface area (Å²) < 4.78 is 5.22. The van der Waals surface area contributed by atoms with Crippen LogP contribution in [-0.2, 0) is 27.2 Å². The van der Waals surface area contributed by atoms with Crippen LogP contribution in [-0.4, -0.2) is 18.0 Å². The third kappa shape index (κ3) is 5.31.